The average molecular weight is 326 g/mol. The van der Waals surface area contributed by atoms with Crippen LogP contribution in [0.4, 0.5) is 4.39 Å². The number of benzene rings is 1. The Bertz CT molecular complexity index is 670. The Kier molecular flexibility index (Phi) is 5.15. The summed E-state index contributed by atoms with van der Waals surface area (Å²) in [5.74, 6) is -0.646. The van der Waals surface area contributed by atoms with Crippen LogP contribution in [0.15, 0.2) is 24.3 Å². The highest BCUT2D eigenvalue weighted by molar-refractivity contribution is 6.33. The van der Waals surface area contributed by atoms with Gasteiger partial charge in [-0.3, -0.25) is 4.79 Å². The van der Waals surface area contributed by atoms with Gasteiger partial charge in [0, 0.05) is 13.1 Å². The van der Waals surface area contributed by atoms with Crippen LogP contribution in [0.3, 0.4) is 0 Å². The highest BCUT2D eigenvalue weighted by Gasteiger charge is 2.24. The number of aryl methyl sites for hydroxylation is 1. The molecule has 0 aliphatic rings. The van der Waals surface area contributed by atoms with Crippen LogP contribution >= 0.6 is 11.6 Å². The molecule has 0 saturated carbocycles. The second-order valence-corrected chi connectivity index (χ2v) is 5.11. The van der Waals surface area contributed by atoms with Gasteiger partial charge in [0.15, 0.2) is 0 Å². The van der Waals surface area contributed by atoms with E-state index in [9.17, 15) is 9.18 Å². The van der Waals surface area contributed by atoms with Crippen molar-refractivity contribution in [2.24, 2.45) is 0 Å². The van der Waals surface area contributed by atoms with E-state index in [4.69, 9.17) is 16.7 Å². The molecule has 1 N–H and O–H groups in total. The number of likely N-dealkylation sites (N-methyl/N-ethyl adjacent to an activating group) is 1. The van der Waals surface area contributed by atoms with E-state index in [1.165, 1.54) is 33.8 Å². The molecule has 0 spiro atoms. The van der Waals surface area contributed by atoms with E-state index in [0.717, 1.165) is 0 Å². The van der Waals surface area contributed by atoms with Gasteiger partial charge in [-0.1, -0.05) is 11.6 Å². The lowest BCUT2D eigenvalue weighted by Crippen LogP contribution is -2.33. The van der Waals surface area contributed by atoms with Gasteiger partial charge in [0.1, 0.15) is 11.0 Å². The summed E-state index contributed by atoms with van der Waals surface area (Å²) >= 11 is 6.30. The number of nitrogens with zero attached hydrogens (tertiary/aromatic N) is 3. The zero-order valence-electron chi connectivity index (χ0n) is 12.4. The number of hydrogen-bond acceptors (Lipinski definition) is 3. The molecule has 1 aromatic heterocycles. The van der Waals surface area contributed by atoms with Crippen molar-refractivity contribution in [2.45, 2.75) is 13.8 Å². The Morgan fingerprint density at radius 2 is 2.05 bits per heavy atom. The highest BCUT2D eigenvalue weighted by Crippen LogP contribution is 2.25. The molecule has 118 valence electrons. The Labute approximate surface area is 132 Å². The summed E-state index contributed by atoms with van der Waals surface area (Å²) in [5, 5.41) is 13.5. The minimum absolute atomic E-state index is 0.123. The number of carbonyl (C=O) groups excluding carboxylic acids is 1. The Hall–Kier alpha value is -1.92. The van der Waals surface area contributed by atoms with Crippen molar-refractivity contribution in [3.8, 4) is 5.69 Å². The predicted molar refractivity (Wildman–Crippen MR) is 81.9 cm³/mol. The molecular formula is C15H17ClFN3O2. The van der Waals surface area contributed by atoms with Gasteiger partial charge in [-0.05, 0) is 38.1 Å². The summed E-state index contributed by atoms with van der Waals surface area (Å²) in [7, 11) is 0. The first-order valence-corrected chi connectivity index (χ1v) is 7.28. The fourth-order valence-corrected chi connectivity index (χ4v) is 2.53. The van der Waals surface area contributed by atoms with Gasteiger partial charge in [0.2, 0.25) is 0 Å². The van der Waals surface area contributed by atoms with Crippen LogP contribution in [0.2, 0.25) is 5.15 Å². The third kappa shape index (κ3) is 3.13. The molecule has 7 heteroatoms. The summed E-state index contributed by atoms with van der Waals surface area (Å²) in [6, 6.07) is 5.67. The topological polar surface area (TPSA) is 58.4 Å². The zero-order valence-corrected chi connectivity index (χ0v) is 13.1. The molecule has 0 fully saturated rings. The largest absolute Gasteiger partial charge is 0.395 e. The minimum Gasteiger partial charge on any atom is -0.395 e. The fraction of sp³-hybridized carbons (Fsp3) is 0.333. The molecule has 1 amide bonds. The third-order valence-corrected chi connectivity index (χ3v) is 3.68. The summed E-state index contributed by atoms with van der Waals surface area (Å²) in [4.78, 5) is 14.0. The molecule has 0 unspecified atom stereocenters. The number of rotatable bonds is 5. The molecule has 22 heavy (non-hydrogen) atoms. The minimum atomic E-state index is -0.361. The molecule has 0 bridgehead atoms. The zero-order chi connectivity index (χ0) is 16.3. The first-order chi connectivity index (χ1) is 10.5. The van der Waals surface area contributed by atoms with Crippen LogP contribution in [0.25, 0.3) is 5.69 Å². The molecular weight excluding hydrogens is 309 g/mol. The Balaban J connectivity index is 2.42. The van der Waals surface area contributed by atoms with E-state index >= 15 is 0 Å². The van der Waals surface area contributed by atoms with Gasteiger partial charge in [-0.2, -0.15) is 5.10 Å². The van der Waals surface area contributed by atoms with Crippen molar-refractivity contribution in [3.63, 3.8) is 0 Å². The molecule has 0 saturated heterocycles. The van der Waals surface area contributed by atoms with Crippen LogP contribution in [0.5, 0.6) is 0 Å². The van der Waals surface area contributed by atoms with Gasteiger partial charge < -0.3 is 10.0 Å². The van der Waals surface area contributed by atoms with Crippen molar-refractivity contribution >= 4 is 17.5 Å². The summed E-state index contributed by atoms with van der Waals surface area (Å²) < 4.78 is 14.4. The van der Waals surface area contributed by atoms with E-state index < -0.39 is 0 Å². The maximum Gasteiger partial charge on any atom is 0.258 e. The molecule has 5 nitrogen and oxygen atoms in total. The van der Waals surface area contributed by atoms with Gasteiger partial charge >= 0.3 is 0 Å². The molecule has 1 aromatic carbocycles. The van der Waals surface area contributed by atoms with Crippen molar-refractivity contribution in [3.05, 3.63) is 46.5 Å². The van der Waals surface area contributed by atoms with E-state index in [0.29, 0.717) is 23.5 Å². The quantitative estimate of drug-likeness (QED) is 0.918. The number of aliphatic hydroxyl groups excluding tert-OH is 1. The Morgan fingerprint density at radius 1 is 1.41 bits per heavy atom. The number of hydrogen-bond donors (Lipinski definition) is 1. The molecule has 2 rings (SSSR count). The first-order valence-electron chi connectivity index (χ1n) is 6.90. The molecule has 0 aliphatic heterocycles. The third-order valence-electron chi connectivity index (χ3n) is 3.33. The number of halogens is 2. The van der Waals surface area contributed by atoms with E-state index in [-0.39, 0.29) is 30.0 Å². The monoisotopic (exact) mass is 325 g/mol. The number of aliphatic hydroxyl groups is 1. The van der Waals surface area contributed by atoms with E-state index in [1.54, 1.807) is 6.92 Å². The number of amides is 1. The van der Waals surface area contributed by atoms with Gasteiger partial charge in [-0.15, -0.1) is 0 Å². The van der Waals surface area contributed by atoms with Crippen LogP contribution in [0.1, 0.15) is 23.0 Å². The van der Waals surface area contributed by atoms with Crippen molar-refractivity contribution in [1.82, 2.24) is 14.7 Å². The van der Waals surface area contributed by atoms with Crippen LogP contribution in [0, 0.1) is 12.7 Å². The second-order valence-electron chi connectivity index (χ2n) is 4.75. The van der Waals surface area contributed by atoms with E-state index in [1.807, 2.05) is 6.92 Å². The summed E-state index contributed by atoms with van der Waals surface area (Å²) in [5.41, 5.74) is 1.34. The Morgan fingerprint density at radius 3 is 2.59 bits per heavy atom. The normalized spacial score (nSPS) is 10.8. The van der Waals surface area contributed by atoms with E-state index in [2.05, 4.69) is 5.10 Å². The number of carbonyl (C=O) groups is 1. The molecule has 0 atom stereocenters. The van der Waals surface area contributed by atoms with Crippen molar-refractivity contribution < 1.29 is 14.3 Å². The summed E-state index contributed by atoms with van der Waals surface area (Å²) in [6.45, 7) is 4.07. The maximum absolute atomic E-state index is 13.0. The van der Waals surface area contributed by atoms with Crippen molar-refractivity contribution in [2.75, 3.05) is 19.7 Å². The second kappa shape index (κ2) is 6.89. The lowest BCUT2D eigenvalue weighted by Gasteiger charge is -2.19. The van der Waals surface area contributed by atoms with Crippen LogP contribution in [-0.2, 0) is 0 Å². The molecule has 0 radical (unpaired) electrons. The van der Waals surface area contributed by atoms with Gasteiger partial charge in [0.25, 0.3) is 5.91 Å². The fourth-order valence-electron chi connectivity index (χ4n) is 2.18. The lowest BCUT2D eigenvalue weighted by atomic mass is 10.2. The lowest BCUT2D eigenvalue weighted by molar-refractivity contribution is 0.0731. The van der Waals surface area contributed by atoms with Gasteiger partial charge in [-0.25, -0.2) is 9.07 Å². The molecule has 1 heterocycles. The molecule has 2 aromatic rings. The standard InChI is InChI=1S/C15H17ClFN3O2/c1-3-19(8-9-21)15(22)13-10(2)18-20(14(13)16)12-6-4-11(17)5-7-12/h4-7,21H,3,8-9H2,1-2H3. The van der Waals surface area contributed by atoms with Gasteiger partial charge in [0.05, 0.1) is 23.6 Å². The molecule has 0 aliphatic carbocycles. The number of aromatic nitrogens is 2. The summed E-state index contributed by atoms with van der Waals surface area (Å²) in [6.07, 6.45) is 0. The first kappa shape index (κ1) is 16.5. The SMILES string of the molecule is CCN(CCO)C(=O)c1c(C)nn(-c2ccc(F)cc2)c1Cl. The van der Waals surface area contributed by atoms with Crippen LogP contribution < -0.4 is 0 Å². The smallest absolute Gasteiger partial charge is 0.258 e. The van der Waals surface area contributed by atoms with Crippen molar-refractivity contribution in [1.29, 1.82) is 0 Å². The van der Waals surface area contributed by atoms with Crippen LogP contribution in [-0.4, -0.2) is 45.4 Å². The predicted octanol–water partition coefficient (Wildman–Crippen LogP) is 2.43. The average Bonchev–Trinajstić information content (AvgIpc) is 2.80. The maximum atomic E-state index is 13.0. The highest BCUT2D eigenvalue weighted by atomic mass is 35.5.